The maximum atomic E-state index is 12.8. The molecule has 0 spiro atoms. The van der Waals surface area contributed by atoms with Gasteiger partial charge in [0.25, 0.3) is 0 Å². The predicted octanol–water partition coefficient (Wildman–Crippen LogP) is 3.64. The number of nitrogens with one attached hydrogen (secondary N) is 3. The lowest BCUT2D eigenvalue weighted by Gasteiger charge is -2.35. The van der Waals surface area contributed by atoms with Gasteiger partial charge in [0.05, 0.1) is 6.42 Å². The molecule has 2 aromatic carbocycles. The van der Waals surface area contributed by atoms with Gasteiger partial charge in [-0.25, -0.2) is 9.78 Å². The van der Waals surface area contributed by atoms with Crippen molar-refractivity contribution in [3.8, 4) is 11.5 Å². The predicted molar refractivity (Wildman–Crippen MR) is 161 cm³/mol. The van der Waals surface area contributed by atoms with E-state index in [1.54, 1.807) is 42.6 Å². The highest BCUT2D eigenvalue weighted by Crippen LogP contribution is 2.24. The maximum absolute atomic E-state index is 12.8. The van der Waals surface area contributed by atoms with Gasteiger partial charge in [0.2, 0.25) is 5.91 Å². The second kappa shape index (κ2) is 14.4. The summed E-state index contributed by atoms with van der Waals surface area (Å²) in [4.78, 5) is 35.6. The van der Waals surface area contributed by atoms with Crippen LogP contribution >= 0.6 is 12.2 Å². The number of rotatable bonds is 9. The average molecular weight is 562 g/mol. The highest BCUT2D eigenvalue weighted by atomic mass is 32.1. The van der Waals surface area contributed by atoms with Gasteiger partial charge < -0.3 is 25.2 Å². The van der Waals surface area contributed by atoms with E-state index in [9.17, 15) is 9.59 Å². The summed E-state index contributed by atoms with van der Waals surface area (Å²) in [5, 5.41) is 8.79. The van der Waals surface area contributed by atoms with Crippen molar-refractivity contribution in [2.75, 3.05) is 64.0 Å². The van der Waals surface area contributed by atoms with Crippen LogP contribution in [0.4, 0.5) is 16.3 Å². The topological polar surface area (TPSA) is 102 Å². The third-order valence-corrected chi connectivity index (χ3v) is 6.50. The Morgan fingerprint density at radius 3 is 2.38 bits per heavy atom. The summed E-state index contributed by atoms with van der Waals surface area (Å²) in [6.07, 6.45) is 1.84. The minimum absolute atomic E-state index is 0.167. The van der Waals surface area contributed by atoms with E-state index in [4.69, 9.17) is 17.0 Å². The molecule has 1 fully saturated rings. The Labute approximate surface area is 240 Å². The number of hydrogen-bond donors (Lipinski definition) is 3. The molecule has 40 heavy (non-hydrogen) atoms. The summed E-state index contributed by atoms with van der Waals surface area (Å²) >= 11 is 5.27. The summed E-state index contributed by atoms with van der Waals surface area (Å²) in [6, 6.07) is 19.9. The molecule has 1 aliphatic heterocycles. The average Bonchev–Trinajstić information content (AvgIpc) is 2.94. The zero-order chi connectivity index (χ0) is 28.3. The highest BCUT2D eigenvalue weighted by Gasteiger charge is 2.21. The Morgan fingerprint density at radius 2 is 1.68 bits per heavy atom. The SMILES string of the molecule is CN(C)CCN1CCN(C(=O)Nc2cc(Oc3ccc(NC(=S)NC(=O)Cc4ccccc4)cc3)ccn2)CC1. The van der Waals surface area contributed by atoms with Crippen molar-refractivity contribution >= 4 is 40.8 Å². The smallest absolute Gasteiger partial charge is 0.323 e. The van der Waals surface area contributed by atoms with Crippen molar-refractivity contribution in [3.05, 3.63) is 78.5 Å². The van der Waals surface area contributed by atoms with Gasteiger partial charge in [-0.05, 0) is 62.2 Å². The molecule has 0 unspecified atom stereocenters. The summed E-state index contributed by atoms with van der Waals surface area (Å²) in [5.74, 6) is 1.38. The number of ether oxygens (including phenoxy) is 1. The third kappa shape index (κ3) is 9.30. The number of anilines is 2. The molecule has 1 aliphatic rings. The van der Waals surface area contributed by atoms with Crippen LogP contribution in [-0.4, -0.2) is 90.1 Å². The van der Waals surface area contributed by atoms with Gasteiger partial charge in [0.15, 0.2) is 5.11 Å². The molecule has 3 amide bonds. The van der Waals surface area contributed by atoms with E-state index in [0.29, 0.717) is 36.1 Å². The first-order valence-corrected chi connectivity index (χ1v) is 13.6. The monoisotopic (exact) mass is 561 g/mol. The van der Waals surface area contributed by atoms with Gasteiger partial charge >= 0.3 is 6.03 Å². The zero-order valence-corrected chi connectivity index (χ0v) is 23.6. The van der Waals surface area contributed by atoms with Gasteiger partial charge in [0.1, 0.15) is 17.3 Å². The zero-order valence-electron chi connectivity index (χ0n) is 22.8. The van der Waals surface area contributed by atoms with Gasteiger partial charge in [-0.1, -0.05) is 30.3 Å². The summed E-state index contributed by atoms with van der Waals surface area (Å²) in [6.45, 7) is 5.06. The van der Waals surface area contributed by atoms with Gasteiger partial charge in [-0.15, -0.1) is 0 Å². The molecular weight excluding hydrogens is 526 g/mol. The van der Waals surface area contributed by atoms with E-state index < -0.39 is 0 Å². The molecule has 10 nitrogen and oxygen atoms in total. The maximum Gasteiger partial charge on any atom is 0.323 e. The van der Waals surface area contributed by atoms with Crippen LogP contribution < -0.4 is 20.7 Å². The fourth-order valence-corrected chi connectivity index (χ4v) is 4.34. The number of carbonyl (C=O) groups is 2. The highest BCUT2D eigenvalue weighted by molar-refractivity contribution is 7.80. The summed E-state index contributed by atoms with van der Waals surface area (Å²) in [7, 11) is 4.13. The minimum Gasteiger partial charge on any atom is -0.457 e. The van der Waals surface area contributed by atoms with Crippen LogP contribution in [0, 0.1) is 0 Å². The second-order valence-electron chi connectivity index (χ2n) is 9.73. The molecule has 4 rings (SSSR count). The fourth-order valence-electron chi connectivity index (χ4n) is 4.10. The van der Waals surface area contributed by atoms with Gasteiger partial charge in [0, 0.05) is 57.2 Å². The second-order valence-corrected chi connectivity index (χ2v) is 10.1. The Hall–Kier alpha value is -4.06. The quantitative estimate of drug-likeness (QED) is 0.341. The lowest BCUT2D eigenvalue weighted by atomic mass is 10.1. The largest absolute Gasteiger partial charge is 0.457 e. The first kappa shape index (κ1) is 28.9. The molecule has 0 radical (unpaired) electrons. The molecule has 3 N–H and O–H groups in total. The van der Waals surface area contributed by atoms with Gasteiger partial charge in [-0.3, -0.25) is 15.0 Å². The van der Waals surface area contributed by atoms with E-state index in [0.717, 1.165) is 31.7 Å². The Balaban J connectivity index is 1.23. The molecule has 11 heteroatoms. The molecule has 210 valence electrons. The standard InChI is InChI=1S/C29H35N7O3S/c1-34(2)14-15-35-16-18-36(19-17-35)29(38)32-26-21-25(12-13-30-26)39-24-10-8-23(9-11-24)31-28(40)33-27(37)20-22-6-4-3-5-7-22/h3-13,21H,14-20H2,1-2H3,(H,30,32,38)(H2,31,33,37,40). The number of nitrogens with zero attached hydrogens (tertiary/aromatic N) is 4. The number of pyridine rings is 1. The molecule has 1 saturated heterocycles. The van der Waals surface area contributed by atoms with E-state index in [1.807, 2.05) is 35.2 Å². The molecule has 0 bridgehead atoms. The van der Waals surface area contributed by atoms with Crippen molar-refractivity contribution < 1.29 is 14.3 Å². The molecule has 3 aromatic rings. The first-order valence-electron chi connectivity index (χ1n) is 13.2. The fraction of sp³-hybridized carbons (Fsp3) is 0.310. The Bertz CT molecular complexity index is 1280. The van der Waals surface area contributed by atoms with E-state index in [2.05, 4.69) is 44.8 Å². The lowest BCUT2D eigenvalue weighted by Crippen LogP contribution is -2.51. The van der Waals surface area contributed by atoms with E-state index >= 15 is 0 Å². The van der Waals surface area contributed by atoms with E-state index in [-0.39, 0.29) is 23.5 Å². The summed E-state index contributed by atoms with van der Waals surface area (Å²) in [5.41, 5.74) is 1.62. The molecule has 2 heterocycles. The van der Waals surface area contributed by atoms with Crippen LogP contribution in [0.5, 0.6) is 11.5 Å². The molecular formula is C29H35N7O3S. The number of likely N-dealkylation sites (N-methyl/N-ethyl adjacent to an activating group) is 1. The van der Waals surface area contributed by atoms with Crippen molar-refractivity contribution in [2.24, 2.45) is 0 Å². The van der Waals surface area contributed by atoms with Crippen molar-refractivity contribution in [2.45, 2.75) is 6.42 Å². The van der Waals surface area contributed by atoms with Crippen LogP contribution in [0.15, 0.2) is 72.9 Å². The number of carbonyl (C=O) groups excluding carboxylic acids is 2. The Morgan fingerprint density at radius 1 is 0.950 bits per heavy atom. The summed E-state index contributed by atoms with van der Waals surface area (Å²) < 4.78 is 5.95. The Kier molecular flexibility index (Phi) is 10.4. The normalized spacial score (nSPS) is 13.5. The minimum atomic E-state index is -0.188. The number of hydrogen-bond acceptors (Lipinski definition) is 7. The number of urea groups is 1. The van der Waals surface area contributed by atoms with Crippen molar-refractivity contribution in [3.63, 3.8) is 0 Å². The molecule has 0 aliphatic carbocycles. The van der Waals surface area contributed by atoms with Crippen molar-refractivity contribution in [1.29, 1.82) is 0 Å². The van der Waals surface area contributed by atoms with Crippen LogP contribution in [-0.2, 0) is 11.2 Å². The van der Waals surface area contributed by atoms with E-state index in [1.165, 1.54) is 0 Å². The molecule has 0 atom stereocenters. The number of benzene rings is 2. The number of thiocarbonyl (C=S) groups is 1. The van der Waals surface area contributed by atoms with Crippen LogP contribution in [0.3, 0.4) is 0 Å². The van der Waals surface area contributed by atoms with Crippen LogP contribution in [0.25, 0.3) is 0 Å². The number of amides is 3. The van der Waals surface area contributed by atoms with Crippen molar-refractivity contribution in [1.82, 2.24) is 25.0 Å². The number of aromatic nitrogens is 1. The first-order chi connectivity index (χ1) is 19.3. The number of piperazine rings is 1. The third-order valence-electron chi connectivity index (χ3n) is 6.30. The van der Waals surface area contributed by atoms with Crippen LogP contribution in [0.2, 0.25) is 0 Å². The van der Waals surface area contributed by atoms with Crippen LogP contribution in [0.1, 0.15) is 5.56 Å². The lowest BCUT2D eigenvalue weighted by molar-refractivity contribution is -0.119. The molecule has 1 aromatic heterocycles. The molecule has 0 saturated carbocycles. The van der Waals surface area contributed by atoms with Gasteiger partial charge in [-0.2, -0.15) is 0 Å².